The van der Waals surface area contributed by atoms with Crippen LogP contribution in [0, 0.1) is 11.3 Å². The summed E-state index contributed by atoms with van der Waals surface area (Å²) in [7, 11) is -4.09. The fourth-order valence-corrected chi connectivity index (χ4v) is 5.56. The number of hydrogen-bond donors (Lipinski definition) is 2. The van der Waals surface area contributed by atoms with E-state index in [1.807, 2.05) is 12.2 Å². The lowest BCUT2D eigenvalue weighted by Crippen LogP contribution is -2.41. The minimum Gasteiger partial charge on any atom is -0.472 e. The average Bonchev–Trinajstić information content (AvgIpc) is 3.12. The third kappa shape index (κ3) is 2.83. The topological polar surface area (TPSA) is 123 Å². The summed E-state index contributed by atoms with van der Waals surface area (Å²) in [6, 6.07) is 7.79. The molecule has 2 N–H and O–H groups in total. The van der Waals surface area contributed by atoms with Crippen LogP contribution in [0.25, 0.3) is 0 Å². The van der Waals surface area contributed by atoms with Crippen molar-refractivity contribution in [1.82, 2.24) is 5.32 Å². The highest BCUT2D eigenvalue weighted by molar-refractivity contribution is 7.86. The summed E-state index contributed by atoms with van der Waals surface area (Å²) in [4.78, 5) is 24.9. The van der Waals surface area contributed by atoms with Gasteiger partial charge in [0, 0.05) is 28.5 Å². The Hall–Kier alpha value is -4.24. The summed E-state index contributed by atoms with van der Waals surface area (Å²) in [6.07, 6.45) is 13.5. The average molecular weight is 472 g/mol. The maximum atomic E-state index is 12.8. The summed E-state index contributed by atoms with van der Waals surface area (Å²) < 4.78 is 37.4. The quantitative estimate of drug-likeness (QED) is 0.515. The van der Waals surface area contributed by atoms with Crippen molar-refractivity contribution in [3.63, 3.8) is 0 Å². The van der Waals surface area contributed by atoms with E-state index in [4.69, 9.17) is 14.3 Å². The summed E-state index contributed by atoms with van der Waals surface area (Å²) in [5, 5.41) is 10.5. The van der Waals surface area contributed by atoms with Crippen LogP contribution in [0.5, 0.6) is 0 Å². The molecule has 8 nitrogen and oxygen atoms in total. The second kappa shape index (κ2) is 6.88. The molecule has 2 atom stereocenters. The first kappa shape index (κ1) is 20.4. The zero-order chi connectivity index (χ0) is 23.7. The Morgan fingerprint density at radius 3 is 2.62 bits per heavy atom. The number of nitrogens with one attached hydrogen (secondary N) is 2. The number of carbonyl (C=O) groups is 2. The van der Waals surface area contributed by atoms with Crippen LogP contribution in [0.1, 0.15) is 0 Å². The molecule has 1 spiro atoms. The Bertz CT molecular complexity index is 1540. The van der Waals surface area contributed by atoms with Gasteiger partial charge in [0.05, 0.1) is 5.57 Å². The van der Waals surface area contributed by atoms with Crippen molar-refractivity contribution in [2.75, 3.05) is 0 Å². The predicted octanol–water partition coefficient (Wildman–Crippen LogP) is 2.52. The molecular weight excluding hydrogens is 456 g/mol. The van der Waals surface area contributed by atoms with Gasteiger partial charge in [-0.3, -0.25) is 14.9 Å². The Labute approximate surface area is 194 Å². The molecule has 1 fully saturated rings. The number of carbonyl (C=O) groups excluding carboxylic acids is 2. The van der Waals surface area contributed by atoms with Crippen LogP contribution < -0.4 is 5.32 Å². The molecular formula is C25H16N2O6S. The van der Waals surface area contributed by atoms with Gasteiger partial charge in [-0.05, 0) is 30.4 Å². The van der Waals surface area contributed by atoms with Gasteiger partial charge in [0.2, 0.25) is 5.91 Å². The van der Waals surface area contributed by atoms with Gasteiger partial charge in [0.15, 0.2) is 5.60 Å². The van der Waals surface area contributed by atoms with Crippen molar-refractivity contribution >= 4 is 27.6 Å². The van der Waals surface area contributed by atoms with E-state index in [2.05, 4.69) is 5.32 Å². The zero-order valence-corrected chi connectivity index (χ0v) is 18.3. The van der Waals surface area contributed by atoms with Gasteiger partial charge in [-0.15, -0.1) is 0 Å². The Morgan fingerprint density at radius 1 is 1.03 bits per heavy atom. The molecule has 2 aliphatic heterocycles. The number of rotatable bonds is 3. The van der Waals surface area contributed by atoms with Crippen LogP contribution in [0.4, 0.5) is 0 Å². The molecule has 1 aromatic carbocycles. The largest absolute Gasteiger partial charge is 0.472 e. The van der Waals surface area contributed by atoms with Crippen molar-refractivity contribution in [3.8, 4) is 0 Å². The van der Waals surface area contributed by atoms with Crippen LogP contribution in [0.3, 0.4) is 0 Å². The monoisotopic (exact) mass is 472 g/mol. The van der Waals surface area contributed by atoms with Gasteiger partial charge in [0.1, 0.15) is 22.3 Å². The summed E-state index contributed by atoms with van der Waals surface area (Å²) in [5.74, 6) is -1.98. The number of fused-ring (bicyclic) bond motifs is 2. The van der Waals surface area contributed by atoms with Crippen molar-refractivity contribution in [2.24, 2.45) is 5.92 Å². The molecule has 0 aromatic heterocycles. The first-order chi connectivity index (χ1) is 16.3. The van der Waals surface area contributed by atoms with E-state index in [0.29, 0.717) is 16.7 Å². The molecule has 0 bridgehead atoms. The second-order valence-electron chi connectivity index (χ2n) is 8.20. The number of amides is 2. The molecule has 34 heavy (non-hydrogen) atoms. The first-order valence-electron chi connectivity index (χ1n) is 10.4. The molecule has 0 radical (unpaired) electrons. The fourth-order valence-electron chi connectivity index (χ4n) is 4.62. The summed E-state index contributed by atoms with van der Waals surface area (Å²) >= 11 is 0. The van der Waals surface area contributed by atoms with E-state index >= 15 is 0 Å². The van der Waals surface area contributed by atoms with E-state index in [0.717, 1.165) is 0 Å². The van der Waals surface area contributed by atoms with Crippen molar-refractivity contribution in [3.05, 3.63) is 113 Å². The van der Waals surface area contributed by atoms with E-state index in [-0.39, 0.29) is 27.7 Å². The maximum absolute atomic E-state index is 12.8. The molecule has 2 amide bonds. The van der Waals surface area contributed by atoms with Gasteiger partial charge in [0.25, 0.3) is 5.91 Å². The third-order valence-corrected chi connectivity index (χ3v) is 7.42. The molecule has 2 unspecified atom stereocenters. The van der Waals surface area contributed by atoms with Gasteiger partial charge in [-0.2, -0.15) is 8.42 Å². The van der Waals surface area contributed by atoms with Crippen LogP contribution in [0.2, 0.25) is 0 Å². The lowest BCUT2D eigenvalue weighted by atomic mass is 9.75. The number of hydrogen-bond acceptors (Lipinski definition) is 7. The normalized spacial score (nSPS) is 26.7. The van der Waals surface area contributed by atoms with Gasteiger partial charge in [-0.1, -0.05) is 42.5 Å². The third-order valence-electron chi connectivity index (χ3n) is 6.15. The standard InChI is InChI=1S/C25H16N2O6S/c26-19-12-14-11-16-6-4-5-15-9-10-17(33-34(30,31)18-7-2-1-3-8-18)13-25(15,16)32-22(14)21-20(19)23(28)27-24(21)29/h1-13,20,26H,(H,27,28,29). The Morgan fingerprint density at radius 2 is 1.82 bits per heavy atom. The minimum absolute atomic E-state index is 0.00103. The number of allylic oxidation sites excluding steroid dienone is 5. The van der Waals surface area contributed by atoms with Crippen molar-refractivity contribution < 1.29 is 26.9 Å². The lowest BCUT2D eigenvalue weighted by molar-refractivity contribution is -0.124. The maximum Gasteiger partial charge on any atom is 0.339 e. The van der Waals surface area contributed by atoms with Crippen LogP contribution in [0.15, 0.2) is 118 Å². The molecule has 6 rings (SSSR count). The molecule has 1 saturated heterocycles. The van der Waals surface area contributed by atoms with E-state index < -0.39 is 33.5 Å². The zero-order valence-electron chi connectivity index (χ0n) is 17.4. The fraction of sp³-hybridized carbons (Fsp3) is 0.0800. The van der Waals surface area contributed by atoms with Crippen molar-refractivity contribution in [1.29, 1.82) is 5.41 Å². The molecule has 0 saturated carbocycles. The minimum atomic E-state index is -4.09. The smallest absolute Gasteiger partial charge is 0.339 e. The lowest BCUT2D eigenvalue weighted by Gasteiger charge is -2.42. The van der Waals surface area contributed by atoms with Crippen LogP contribution in [-0.2, 0) is 28.6 Å². The Balaban J connectivity index is 1.48. The summed E-state index contributed by atoms with van der Waals surface area (Å²) in [6.45, 7) is 0. The van der Waals surface area contributed by atoms with E-state index in [9.17, 15) is 18.0 Å². The van der Waals surface area contributed by atoms with E-state index in [1.54, 1.807) is 42.5 Å². The van der Waals surface area contributed by atoms with Gasteiger partial charge >= 0.3 is 10.1 Å². The number of benzene rings is 1. The van der Waals surface area contributed by atoms with E-state index in [1.165, 1.54) is 24.3 Å². The molecule has 1 aromatic rings. The van der Waals surface area contributed by atoms with Crippen LogP contribution in [-0.4, -0.2) is 31.5 Å². The molecule has 3 aliphatic carbocycles. The highest BCUT2D eigenvalue weighted by atomic mass is 32.2. The SMILES string of the molecule is N=C1C=C2C=C3C=CC=C4C=CC(OS(=O)(=O)c5ccccc5)=CC43OC2=C2C(=O)NC(=O)C12. The second-order valence-corrected chi connectivity index (χ2v) is 9.74. The number of ether oxygens (including phenoxy) is 1. The van der Waals surface area contributed by atoms with Gasteiger partial charge in [-0.25, -0.2) is 0 Å². The molecule has 5 aliphatic rings. The number of imide groups is 1. The molecule has 2 heterocycles. The van der Waals surface area contributed by atoms with Gasteiger partial charge < -0.3 is 14.3 Å². The predicted molar refractivity (Wildman–Crippen MR) is 121 cm³/mol. The molecule has 168 valence electrons. The summed E-state index contributed by atoms with van der Waals surface area (Å²) in [5.41, 5.74) is 0.671. The highest BCUT2D eigenvalue weighted by Crippen LogP contribution is 2.49. The van der Waals surface area contributed by atoms with Crippen LogP contribution >= 0.6 is 0 Å². The van der Waals surface area contributed by atoms with Crippen molar-refractivity contribution in [2.45, 2.75) is 10.5 Å². The highest BCUT2D eigenvalue weighted by Gasteiger charge is 2.50. The Kier molecular flexibility index (Phi) is 4.12. The molecule has 9 heteroatoms. The first-order valence-corrected chi connectivity index (χ1v) is 11.8.